The molecule has 8 heteroatoms. The summed E-state index contributed by atoms with van der Waals surface area (Å²) in [6.45, 7) is 1.30. The fourth-order valence-corrected chi connectivity index (χ4v) is 2.17. The van der Waals surface area contributed by atoms with E-state index in [0.29, 0.717) is 0 Å². The van der Waals surface area contributed by atoms with Gasteiger partial charge < -0.3 is 0 Å². The standard InChI is InChI=1S/C12H6BrClF4N2/c1-5-9(15)10(14)20-11(19-5)7-3-2-6(13)4-8(7)12(16,17)18/h2-4H,1H3. The predicted octanol–water partition coefficient (Wildman–Crippen LogP) is 5.03. The summed E-state index contributed by atoms with van der Waals surface area (Å²) < 4.78 is 52.6. The minimum absolute atomic E-state index is 0.115. The molecule has 1 aromatic carbocycles. The van der Waals surface area contributed by atoms with Crippen LogP contribution in [-0.2, 0) is 6.18 Å². The fourth-order valence-electron chi connectivity index (χ4n) is 1.59. The van der Waals surface area contributed by atoms with Gasteiger partial charge in [0.05, 0.1) is 11.3 Å². The molecule has 106 valence electrons. The number of aromatic nitrogens is 2. The molecular formula is C12H6BrClF4N2. The number of alkyl halides is 3. The lowest BCUT2D eigenvalue weighted by atomic mass is 10.1. The number of halogens is 6. The topological polar surface area (TPSA) is 25.8 Å². The Bertz CT molecular complexity index is 650. The van der Waals surface area contributed by atoms with Crippen molar-refractivity contribution in [2.75, 3.05) is 0 Å². The molecule has 1 heterocycles. The van der Waals surface area contributed by atoms with Gasteiger partial charge in [0.15, 0.2) is 16.8 Å². The fraction of sp³-hybridized carbons (Fsp3) is 0.167. The van der Waals surface area contributed by atoms with Gasteiger partial charge in [0.1, 0.15) is 0 Å². The summed E-state index contributed by atoms with van der Waals surface area (Å²) in [6, 6.07) is 3.53. The Labute approximate surface area is 124 Å². The van der Waals surface area contributed by atoms with Crippen molar-refractivity contribution in [3.63, 3.8) is 0 Å². The average molecular weight is 370 g/mol. The van der Waals surface area contributed by atoms with Crippen LogP contribution in [0.5, 0.6) is 0 Å². The Morgan fingerprint density at radius 1 is 1.20 bits per heavy atom. The smallest absolute Gasteiger partial charge is 0.230 e. The molecule has 0 spiro atoms. The Balaban J connectivity index is 2.70. The predicted molar refractivity (Wildman–Crippen MR) is 69.9 cm³/mol. The SMILES string of the molecule is Cc1nc(-c2ccc(Br)cc2C(F)(F)F)nc(Cl)c1F. The number of nitrogens with zero attached hydrogens (tertiary/aromatic N) is 2. The number of rotatable bonds is 1. The molecule has 0 unspecified atom stereocenters. The molecule has 2 aromatic rings. The molecule has 0 saturated carbocycles. The van der Waals surface area contributed by atoms with Crippen molar-refractivity contribution in [1.82, 2.24) is 9.97 Å². The van der Waals surface area contributed by atoms with Gasteiger partial charge in [-0.1, -0.05) is 27.5 Å². The molecule has 0 saturated heterocycles. The van der Waals surface area contributed by atoms with Gasteiger partial charge in [-0.3, -0.25) is 0 Å². The summed E-state index contributed by atoms with van der Waals surface area (Å²) in [6.07, 6.45) is -4.59. The van der Waals surface area contributed by atoms with E-state index in [1.807, 2.05) is 0 Å². The Morgan fingerprint density at radius 2 is 1.85 bits per heavy atom. The summed E-state index contributed by atoms with van der Waals surface area (Å²) in [7, 11) is 0. The second-order valence-corrected chi connectivity index (χ2v) is 5.20. The van der Waals surface area contributed by atoms with Crippen LogP contribution >= 0.6 is 27.5 Å². The summed E-state index contributed by atoms with van der Waals surface area (Å²) in [5.74, 6) is -1.12. The first-order valence-electron chi connectivity index (χ1n) is 5.27. The molecule has 1 aromatic heterocycles. The van der Waals surface area contributed by atoms with Crippen LogP contribution < -0.4 is 0 Å². The first-order chi connectivity index (χ1) is 9.20. The van der Waals surface area contributed by atoms with Crippen LogP contribution in [0.25, 0.3) is 11.4 Å². The van der Waals surface area contributed by atoms with Crippen LogP contribution in [0.4, 0.5) is 17.6 Å². The van der Waals surface area contributed by atoms with E-state index in [0.717, 1.165) is 6.07 Å². The largest absolute Gasteiger partial charge is 0.417 e. The minimum atomic E-state index is -4.59. The van der Waals surface area contributed by atoms with Crippen LogP contribution in [0.2, 0.25) is 5.15 Å². The second-order valence-electron chi connectivity index (χ2n) is 3.93. The van der Waals surface area contributed by atoms with Crippen molar-refractivity contribution in [3.05, 3.63) is 44.9 Å². The number of benzene rings is 1. The van der Waals surface area contributed by atoms with Gasteiger partial charge in [0, 0.05) is 10.0 Å². The Hall–Kier alpha value is -1.21. The third-order valence-electron chi connectivity index (χ3n) is 2.50. The van der Waals surface area contributed by atoms with Gasteiger partial charge in [-0.05, 0) is 25.1 Å². The summed E-state index contributed by atoms with van der Waals surface area (Å²) >= 11 is 8.53. The van der Waals surface area contributed by atoms with Crippen molar-refractivity contribution >= 4 is 27.5 Å². The highest BCUT2D eigenvalue weighted by Crippen LogP contribution is 2.38. The number of aryl methyl sites for hydroxylation is 1. The van der Waals surface area contributed by atoms with Gasteiger partial charge in [-0.15, -0.1) is 0 Å². The monoisotopic (exact) mass is 368 g/mol. The molecule has 0 bridgehead atoms. The molecule has 2 rings (SSSR count). The van der Waals surface area contributed by atoms with Crippen molar-refractivity contribution < 1.29 is 17.6 Å². The van der Waals surface area contributed by atoms with Gasteiger partial charge in [-0.2, -0.15) is 13.2 Å². The van der Waals surface area contributed by atoms with E-state index in [4.69, 9.17) is 11.6 Å². The molecule has 0 N–H and O–H groups in total. The first kappa shape index (κ1) is 15.2. The summed E-state index contributed by atoms with van der Waals surface area (Å²) in [4.78, 5) is 7.29. The second kappa shape index (κ2) is 5.29. The molecule has 0 radical (unpaired) electrons. The van der Waals surface area contributed by atoms with E-state index in [1.54, 1.807) is 0 Å². The van der Waals surface area contributed by atoms with E-state index in [2.05, 4.69) is 25.9 Å². The van der Waals surface area contributed by atoms with Crippen LogP contribution in [0.3, 0.4) is 0 Å². The lowest BCUT2D eigenvalue weighted by Gasteiger charge is -2.13. The zero-order valence-electron chi connectivity index (χ0n) is 9.89. The third kappa shape index (κ3) is 2.93. The van der Waals surface area contributed by atoms with E-state index < -0.39 is 22.7 Å². The molecular weight excluding hydrogens is 363 g/mol. The lowest BCUT2D eigenvalue weighted by molar-refractivity contribution is -0.137. The van der Waals surface area contributed by atoms with Crippen molar-refractivity contribution in [2.45, 2.75) is 13.1 Å². The minimum Gasteiger partial charge on any atom is -0.230 e. The van der Waals surface area contributed by atoms with Crippen LogP contribution in [0, 0.1) is 12.7 Å². The highest BCUT2D eigenvalue weighted by Gasteiger charge is 2.34. The highest BCUT2D eigenvalue weighted by atomic mass is 79.9. The first-order valence-corrected chi connectivity index (χ1v) is 6.44. The van der Waals surface area contributed by atoms with E-state index >= 15 is 0 Å². The zero-order valence-corrected chi connectivity index (χ0v) is 12.2. The third-order valence-corrected chi connectivity index (χ3v) is 3.25. The van der Waals surface area contributed by atoms with Crippen molar-refractivity contribution in [1.29, 1.82) is 0 Å². The van der Waals surface area contributed by atoms with Crippen LogP contribution in [-0.4, -0.2) is 9.97 Å². The van der Waals surface area contributed by atoms with Crippen molar-refractivity contribution in [3.8, 4) is 11.4 Å². The molecule has 0 amide bonds. The van der Waals surface area contributed by atoms with Crippen molar-refractivity contribution in [2.24, 2.45) is 0 Å². The van der Waals surface area contributed by atoms with Crippen LogP contribution in [0.15, 0.2) is 22.7 Å². The van der Waals surface area contributed by atoms with E-state index in [-0.39, 0.29) is 21.6 Å². The lowest BCUT2D eigenvalue weighted by Crippen LogP contribution is -2.09. The molecule has 20 heavy (non-hydrogen) atoms. The van der Waals surface area contributed by atoms with Gasteiger partial charge in [0.2, 0.25) is 0 Å². The van der Waals surface area contributed by atoms with Gasteiger partial charge in [0.25, 0.3) is 0 Å². The molecule has 0 aliphatic heterocycles. The average Bonchev–Trinajstić information content (AvgIpc) is 2.34. The highest BCUT2D eigenvalue weighted by molar-refractivity contribution is 9.10. The van der Waals surface area contributed by atoms with Gasteiger partial charge in [-0.25, -0.2) is 14.4 Å². The maximum absolute atomic E-state index is 13.3. The van der Waals surface area contributed by atoms with Gasteiger partial charge >= 0.3 is 6.18 Å². The molecule has 0 fully saturated rings. The summed E-state index contributed by atoms with van der Waals surface area (Å²) in [5, 5.41) is -0.511. The Kier molecular flexibility index (Phi) is 4.02. The Morgan fingerprint density at radius 3 is 2.40 bits per heavy atom. The maximum Gasteiger partial charge on any atom is 0.417 e. The normalized spacial score (nSPS) is 11.8. The summed E-state index contributed by atoms with van der Waals surface area (Å²) in [5.41, 5.74) is -1.30. The molecule has 0 atom stereocenters. The van der Waals surface area contributed by atoms with E-state index in [1.165, 1.54) is 19.1 Å². The quantitative estimate of drug-likeness (QED) is 0.521. The molecule has 0 aliphatic rings. The molecule has 0 aliphatic carbocycles. The van der Waals surface area contributed by atoms with E-state index in [9.17, 15) is 17.6 Å². The molecule has 2 nitrogen and oxygen atoms in total. The zero-order chi connectivity index (χ0) is 15.1. The number of hydrogen-bond acceptors (Lipinski definition) is 2. The van der Waals surface area contributed by atoms with Crippen LogP contribution in [0.1, 0.15) is 11.3 Å². The maximum atomic E-state index is 13.3. The number of hydrogen-bond donors (Lipinski definition) is 0.